The predicted molar refractivity (Wildman–Crippen MR) is 109 cm³/mol. The van der Waals surface area contributed by atoms with E-state index in [4.69, 9.17) is 4.74 Å². The lowest BCUT2D eigenvalue weighted by Gasteiger charge is -2.26. The number of rotatable bonds is 6. The zero-order valence-electron chi connectivity index (χ0n) is 15.3. The molecule has 1 heterocycles. The lowest BCUT2D eigenvalue weighted by Crippen LogP contribution is -2.37. The van der Waals surface area contributed by atoms with Crippen LogP contribution in [-0.4, -0.2) is 44.2 Å². The summed E-state index contributed by atoms with van der Waals surface area (Å²) in [6, 6.07) is 15.9. The largest absolute Gasteiger partial charge is 0.378 e. The van der Waals surface area contributed by atoms with Gasteiger partial charge in [-0.1, -0.05) is 24.3 Å². The molecule has 1 amide bonds. The smallest absolute Gasteiger partial charge is 0.255 e. The van der Waals surface area contributed by atoms with Crippen LogP contribution in [0.25, 0.3) is 0 Å². The van der Waals surface area contributed by atoms with E-state index >= 15 is 0 Å². The first kappa shape index (κ1) is 18.9. The van der Waals surface area contributed by atoms with Gasteiger partial charge in [-0.05, 0) is 58.6 Å². The summed E-state index contributed by atoms with van der Waals surface area (Å²) >= 11 is 3.50. The van der Waals surface area contributed by atoms with Crippen LogP contribution in [0.1, 0.15) is 28.8 Å². The molecule has 0 aromatic heterocycles. The summed E-state index contributed by atoms with van der Waals surface area (Å²) in [5, 5.41) is 0. The number of benzene rings is 2. The van der Waals surface area contributed by atoms with Crippen molar-refractivity contribution in [2.24, 2.45) is 0 Å². The molecule has 1 fully saturated rings. The number of amides is 1. The molecule has 1 aliphatic rings. The monoisotopic (exact) mass is 416 g/mol. The molecule has 0 spiro atoms. The summed E-state index contributed by atoms with van der Waals surface area (Å²) < 4.78 is 6.60. The van der Waals surface area contributed by atoms with E-state index < -0.39 is 0 Å². The number of halogens is 1. The fourth-order valence-electron chi connectivity index (χ4n) is 3.18. The molecule has 3 rings (SSSR count). The second kappa shape index (κ2) is 8.69. The molecular formula is C21H25BrN2O2. The molecule has 4 nitrogen and oxygen atoms in total. The van der Waals surface area contributed by atoms with Crippen LogP contribution < -0.4 is 4.90 Å². The van der Waals surface area contributed by atoms with Gasteiger partial charge in [0, 0.05) is 44.0 Å². The number of nitrogens with zero attached hydrogens (tertiary/aromatic N) is 2. The summed E-state index contributed by atoms with van der Waals surface area (Å²) in [6.45, 7) is 1.99. The Hall–Kier alpha value is -1.85. The molecular weight excluding hydrogens is 392 g/mol. The summed E-state index contributed by atoms with van der Waals surface area (Å²) in [4.78, 5) is 17.1. The van der Waals surface area contributed by atoms with Gasteiger partial charge in [0.1, 0.15) is 0 Å². The second-order valence-corrected chi connectivity index (χ2v) is 7.72. The van der Waals surface area contributed by atoms with Gasteiger partial charge < -0.3 is 14.5 Å². The van der Waals surface area contributed by atoms with E-state index in [0.29, 0.717) is 18.7 Å². The lowest BCUT2D eigenvalue weighted by molar-refractivity contribution is 0.0506. The van der Waals surface area contributed by atoms with Gasteiger partial charge in [0.15, 0.2) is 0 Å². The molecule has 26 heavy (non-hydrogen) atoms. The Kier molecular flexibility index (Phi) is 6.33. The van der Waals surface area contributed by atoms with Crippen molar-refractivity contribution < 1.29 is 9.53 Å². The van der Waals surface area contributed by atoms with Gasteiger partial charge in [-0.3, -0.25) is 4.79 Å². The Morgan fingerprint density at radius 3 is 2.50 bits per heavy atom. The molecule has 0 saturated carbocycles. The summed E-state index contributed by atoms with van der Waals surface area (Å²) in [5.74, 6) is 0.0321. The van der Waals surface area contributed by atoms with Crippen LogP contribution in [0.3, 0.4) is 0 Å². The number of ether oxygens (including phenoxy) is 1. The maximum Gasteiger partial charge on any atom is 0.255 e. The van der Waals surface area contributed by atoms with E-state index in [-0.39, 0.29) is 12.0 Å². The fourth-order valence-corrected chi connectivity index (χ4v) is 3.63. The molecule has 1 saturated heterocycles. The van der Waals surface area contributed by atoms with Gasteiger partial charge in [-0.2, -0.15) is 0 Å². The minimum absolute atomic E-state index is 0.0321. The van der Waals surface area contributed by atoms with E-state index in [1.54, 1.807) is 0 Å². The SMILES string of the molecule is CN(C)c1ccc(CN(CC2CCCO2)C(=O)c2ccccc2Br)cc1. The Morgan fingerprint density at radius 2 is 1.88 bits per heavy atom. The number of anilines is 1. The van der Waals surface area contributed by atoms with Crippen LogP contribution in [0.15, 0.2) is 53.0 Å². The highest BCUT2D eigenvalue weighted by molar-refractivity contribution is 9.10. The first-order valence-corrected chi connectivity index (χ1v) is 9.75. The highest BCUT2D eigenvalue weighted by Gasteiger charge is 2.24. The van der Waals surface area contributed by atoms with Crippen molar-refractivity contribution in [3.05, 3.63) is 64.1 Å². The number of carbonyl (C=O) groups is 1. The molecule has 2 aromatic carbocycles. The van der Waals surface area contributed by atoms with Gasteiger partial charge in [0.2, 0.25) is 0 Å². The number of hydrogen-bond donors (Lipinski definition) is 0. The normalized spacial score (nSPS) is 16.5. The molecule has 1 atom stereocenters. The third kappa shape index (κ3) is 4.65. The fraction of sp³-hybridized carbons (Fsp3) is 0.381. The zero-order valence-corrected chi connectivity index (χ0v) is 16.9. The summed E-state index contributed by atoms with van der Waals surface area (Å²) in [5.41, 5.74) is 2.96. The van der Waals surface area contributed by atoms with Crippen LogP contribution >= 0.6 is 15.9 Å². The first-order chi connectivity index (χ1) is 12.5. The van der Waals surface area contributed by atoms with Gasteiger partial charge in [-0.15, -0.1) is 0 Å². The molecule has 138 valence electrons. The average Bonchev–Trinajstić information content (AvgIpc) is 3.14. The maximum absolute atomic E-state index is 13.2. The molecule has 0 aliphatic carbocycles. The van der Waals surface area contributed by atoms with Gasteiger partial charge in [0.05, 0.1) is 11.7 Å². The van der Waals surface area contributed by atoms with Crippen molar-refractivity contribution in [2.75, 3.05) is 32.1 Å². The van der Waals surface area contributed by atoms with Crippen LogP contribution in [0.5, 0.6) is 0 Å². The van der Waals surface area contributed by atoms with Gasteiger partial charge in [-0.25, -0.2) is 0 Å². The average molecular weight is 417 g/mol. The van der Waals surface area contributed by atoms with E-state index in [0.717, 1.165) is 35.2 Å². The topological polar surface area (TPSA) is 32.8 Å². The molecule has 0 bridgehead atoms. The predicted octanol–water partition coefficient (Wildman–Crippen LogP) is 4.34. The van der Waals surface area contributed by atoms with E-state index in [9.17, 15) is 4.79 Å². The van der Waals surface area contributed by atoms with Crippen molar-refractivity contribution in [1.82, 2.24) is 4.90 Å². The van der Waals surface area contributed by atoms with Crippen molar-refractivity contribution in [3.8, 4) is 0 Å². The van der Waals surface area contributed by atoms with Crippen molar-refractivity contribution in [3.63, 3.8) is 0 Å². The Labute approximate surface area is 163 Å². The van der Waals surface area contributed by atoms with Crippen LogP contribution in [0.4, 0.5) is 5.69 Å². The molecule has 1 unspecified atom stereocenters. The van der Waals surface area contributed by atoms with E-state index in [1.165, 1.54) is 0 Å². The Bertz CT molecular complexity index is 740. The minimum Gasteiger partial charge on any atom is -0.378 e. The highest BCUT2D eigenvalue weighted by atomic mass is 79.9. The quantitative estimate of drug-likeness (QED) is 0.701. The van der Waals surface area contributed by atoms with Crippen molar-refractivity contribution >= 4 is 27.5 Å². The highest BCUT2D eigenvalue weighted by Crippen LogP contribution is 2.22. The molecule has 5 heteroatoms. The molecule has 2 aromatic rings. The number of hydrogen-bond acceptors (Lipinski definition) is 3. The second-order valence-electron chi connectivity index (χ2n) is 6.86. The van der Waals surface area contributed by atoms with Gasteiger partial charge in [0.25, 0.3) is 5.91 Å². The third-order valence-corrected chi connectivity index (χ3v) is 5.36. The lowest BCUT2D eigenvalue weighted by atomic mass is 10.1. The maximum atomic E-state index is 13.2. The first-order valence-electron chi connectivity index (χ1n) is 8.96. The van der Waals surface area contributed by atoms with Gasteiger partial charge >= 0.3 is 0 Å². The van der Waals surface area contributed by atoms with Crippen LogP contribution in [-0.2, 0) is 11.3 Å². The van der Waals surface area contributed by atoms with E-state index in [1.807, 2.05) is 43.3 Å². The standard InChI is InChI=1S/C21H25BrN2O2/c1-23(2)17-11-9-16(10-12-17)14-24(15-18-6-5-13-26-18)21(25)19-7-3-4-8-20(19)22/h3-4,7-12,18H,5-6,13-15H2,1-2H3. The molecule has 1 aliphatic heterocycles. The molecule has 0 radical (unpaired) electrons. The van der Waals surface area contributed by atoms with Crippen molar-refractivity contribution in [2.45, 2.75) is 25.5 Å². The summed E-state index contributed by atoms with van der Waals surface area (Å²) in [6.07, 6.45) is 2.21. The zero-order chi connectivity index (χ0) is 18.5. The van der Waals surface area contributed by atoms with Crippen LogP contribution in [0.2, 0.25) is 0 Å². The molecule has 0 N–H and O–H groups in total. The Morgan fingerprint density at radius 1 is 1.15 bits per heavy atom. The number of carbonyl (C=O) groups excluding carboxylic acids is 1. The third-order valence-electron chi connectivity index (χ3n) is 4.67. The van der Waals surface area contributed by atoms with E-state index in [2.05, 4.69) is 45.1 Å². The minimum atomic E-state index is 0.0321. The van der Waals surface area contributed by atoms with Crippen LogP contribution in [0, 0.1) is 0 Å². The summed E-state index contributed by atoms with van der Waals surface area (Å²) in [7, 11) is 4.05. The Balaban J connectivity index is 1.80. The van der Waals surface area contributed by atoms with Crippen molar-refractivity contribution in [1.29, 1.82) is 0 Å².